The van der Waals surface area contributed by atoms with E-state index >= 15 is 0 Å². The Labute approximate surface area is 169 Å². The molecule has 0 saturated heterocycles. The fourth-order valence-electron chi connectivity index (χ4n) is 3.84. The van der Waals surface area contributed by atoms with Crippen LogP contribution in [0.3, 0.4) is 0 Å². The summed E-state index contributed by atoms with van der Waals surface area (Å²) in [6.45, 7) is 16.6. The maximum atomic E-state index is 11.5. The molecule has 0 atom stereocenters. The minimum atomic E-state index is -1.08. The predicted octanol–water partition coefficient (Wildman–Crippen LogP) is 4.49. The van der Waals surface area contributed by atoms with Crippen molar-refractivity contribution in [2.24, 2.45) is 0 Å². The second-order valence-electron chi connectivity index (χ2n) is 10.00. The molecule has 2 rings (SSSR count). The zero-order chi connectivity index (χ0) is 21.4. The summed E-state index contributed by atoms with van der Waals surface area (Å²) in [6, 6.07) is 8.12. The van der Waals surface area contributed by atoms with E-state index < -0.39 is 5.97 Å². The van der Waals surface area contributed by atoms with Crippen LogP contribution in [0.1, 0.15) is 80.5 Å². The summed E-state index contributed by atoms with van der Waals surface area (Å²) in [5, 5.41) is 22.4. The Balaban J connectivity index is 2.69. The molecule has 0 saturated carbocycles. The van der Waals surface area contributed by atoms with Crippen molar-refractivity contribution >= 4 is 5.97 Å². The molecule has 1 N–H and O–H groups in total. The van der Waals surface area contributed by atoms with Crippen molar-refractivity contribution in [2.45, 2.75) is 79.1 Å². The van der Waals surface area contributed by atoms with E-state index in [1.807, 2.05) is 32.0 Å². The van der Waals surface area contributed by atoms with Crippen molar-refractivity contribution in [3.8, 4) is 5.75 Å². The van der Waals surface area contributed by atoms with E-state index in [1.54, 1.807) is 0 Å². The molecule has 0 amide bonds. The van der Waals surface area contributed by atoms with Gasteiger partial charge >= 0.3 is 0 Å². The molecule has 0 heterocycles. The van der Waals surface area contributed by atoms with Crippen LogP contribution >= 0.6 is 0 Å². The first-order chi connectivity index (χ1) is 12.7. The van der Waals surface area contributed by atoms with Crippen molar-refractivity contribution in [3.63, 3.8) is 0 Å². The summed E-state index contributed by atoms with van der Waals surface area (Å²) in [5.74, 6) is -0.782. The standard InChI is InChI=1S/C25H34O3/c1-15-9-17(19(14-22(26)27)20(11-15)24(3,4)5)13-18-10-16(2)12-21(23(18)28)25(6,7)8/h9-12,28H,13-14H2,1-8H3,(H,26,27)/p-1. The van der Waals surface area contributed by atoms with Crippen molar-refractivity contribution in [3.05, 3.63) is 63.2 Å². The van der Waals surface area contributed by atoms with Gasteiger partial charge in [-0.2, -0.15) is 0 Å². The first-order valence-corrected chi connectivity index (χ1v) is 9.86. The summed E-state index contributed by atoms with van der Waals surface area (Å²) in [5.41, 5.74) is 6.32. The van der Waals surface area contributed by atoms with Gasteiger partial charge in [-0.05, 0) is 52.5 Å². The molecule has 28 heavy (non-hydrogen) atoms. The zero-order valence-electron chi connectivity index (χ0n) is 18.5. The van der Waals surface area contributed by atoms with Crippen LogP contribution in [0.2, 0.25) is 0 Å². The Morgan fingerprint density at radius 2 is 1.32 bits per heavy atom. The quantitative estimate of drug-likeness (QED) is 0.849. The Kier molecular flexibility index (Phi) is 5.98. The molecule has 0 bridgehead atoms. The number of phenolic OH excluding ortho intramolecular Hbond substituents is 1. The number of aryl methyl sites for hydroxylation is 2. The molecule has 0 aliphatic carbocycles. The number of carbonyl (C=O) groups excluding carboxylic acids is 1. The number of carbonyl (C=O) groups is 1. The van der Waals surface area contributed by atoms with Crippen LogP contribution in [-0.2, 0) is 28.5 Å². The topological polar surface area (TPSA) is 60.4 Å². The second-order valence-corrected chi connectivity index (χ2v) is 10.00. The number of phenols is 1. The lowest BCUT2D eigenvalue weighted by Gasteiger charge is -2.27. The van der Waals surface area contributed by atoms with Gasteiger partial charge in [0.05, 0.1) is 0 Å². The number of aliphatic carboxylic acids is 1. The van der Waals surface area contributed by atoms with E-state index in [0.717, 1.165) is 38.9 Å². The van der Waals surface area contributed by atoms with Crippen LogP contribution in [0.5, 0.6) is 5.75 Å². The SMILES string of the molecule is Cc1cc(Cc2cc(C)cc(C(C)(C)C)c2CC(=O)[O-])c(O)c(C(C)(C)C)c1. The molecule has 3 heteroatoms. The first-order valence-electron chi connectivity index (χ1n) is 9.86. The Bertz CT molecular complexity index is 893. The van der Waals surface area contributed by atoms with E-state index in [-0.39, 0.29) is 17.3 Å². The molecule has 0 spiro atoms. The minimum absolute atomic E-state index is 0.124. The highest BCUT2D eigenvalue weighted by molar-refractivity contribution is 5.70. The van der Waals surface area contributed by atoms with E-state index in [4.69, 9.17) is 0 Å². The summed E-state index contributed by atoms with van der Waals surface area (Å²) in [7, 11) is 0. The van der Waals surface area contributed by atoms with Gasteiger partial charge in [0.1, 0.15) is 5.75 Å². The molecular weight excluding hydrogens is 348 g/mol. The van der Waals surface area contributed by atoms with Crippen LogP contribution in [0.4, 0.5) is 0 Å². The van der Waals surface area contributed by atoms with E-state index in [2.05, 4.69) is 47.6 Å². The maximum Gasteiger partial charge on any atom is 0.122 e. The lowest BCUT2D eigenvalue weighted by atomic mass is 9.78. The fourth-order valence-corrected chi connectivity index (χ4v) is 3.84. The molecule has 0 aliphatic heterocycles. The van der Waals surface area contributed by atoms with Gasteiger partial charge in [-0.3, -0.25) is 0 Å². The number of hydrogen-bond donors (Lipinski definition) is 1. The van der Waals surface area contributed by atoms with Crippen LogP contribution in [0, 0.1) is 13.8 Å². The van der Waals surface area contributed by atoms with Gasteiger partial charge < -0.3 is 15.0 Å². The van der Waals surface area contributed by atoms with Gasteiger partial charge in [-0.15, -0.1) is 0 Å². The molecule has 0 radical (unpaired) electrons. The highest BCUT2D eigenvalue weighted by atomic mass is 16.4. The normalized spacial score (nSPS) is 12.3. The summed E-state index contributed by atoms with van der Waals surface area (Å²) >= 11 is 0. The average molecular weight is 382 g/mol. The number of carboxylic acids is 1. The second kappa shape index (κ2) is 7.62. The Hall–Kier alpha value is -2.29. The molecule has 2 aromatic rings. The van der Waals surface area contributed by atoms with Crippen LogP contribution < -0.4 is 5.11 Å². The third-order valence-electron chi connectivity index (χ3n) is 5.14. The number of hydrogen-bond acceptors (Lipinski definition) is 3. The zero-order valence-corrected chi connectivity index (χ0v) is 18.5. The Morgan fingerprint density at radius 1 is 0.857 bits per heavy atom. The third-order valence-corrected chi connectivity index (χ3v) is 5.14. The monoisotopic (exact) mass is 381 g/mol. The van der Waals surface area contributed by atoms with Crippen molar-refractivity contribution in [2.75, 3.05) is 0 Å². The first kappa shape index (κ1) is 22.0. The summed E-state index contributed by atoms with van der Waals surface area (Å²) < 4.78 is 0. The maximum absolute atomic E-state index is 11.5. The number of rotatable bonds is 4. The minimum Gasteiger partial charge on any atom is -0.550 e. The number of aromatic hydroxyl groups is 1. The van der Waals surface area contributed by atoms with Crippen LogP contribution in [0.25, 0.3) is 0 Å². The molecule has 0 unspecified atom stereocenters. The van der Waals surface area contributed by atoms with Gasteiger partial charge in [0.2, 0.25) is 0 Å². The van der Waals surface area contributed by atoms with Gasteiger partial charge in [-0.25, -0.2) is 0 Å². The highest BCUT2D eigenvalue weighted by Crippen LogP contribution is 2.37. The number of benzene rings is 2. The molecule has 2 aromatic carbocycles. The third kappa shape index (κ3) is 4.95. The van der Waals surface area contributed by atoms with Gasteiger partial charge in [-0.1, -0.05) is 76.9 Å². The van der Waals surface area contributed by atoms with Gasteiger partial charge in [0.25, 0.3) is 0 Å². The van der Waals surface area contributed by atoms with Crippen LogP contribution in [-0.4, -0.2) is 11.1 Å². The molecule has 0 fully saturated rings. The molecule has 0 aromatic heterocycles. The molecule has 0 aliphatic rings. The smallest absolute Gasteiger partial charge is 0.122 e. The van der Waals surface area contributed by atoms with Crippen molar-refractivity contribution in [1.29, 1.82) is 0 Å². The van der Waals surface area contributed by atoms with Crippen molar-refractivity contribution < 1.29 is 15.0 Å². The predicted molar refractivity (Wildman–Crippen MR) is 113 cm³/mol. The van der Waals surface area contributed by atoms with Gasteiger partial charge in [0, 0.05) is 18.8 Å². The van der Waals surface area contributed by atoms with E-state index in [9.17, 15) is 15.0 Å². The van der Waals surface area contributed by atoms with Crippen LogP contribution in [0.15, 0.2) is 24.3 Å². The highest BCUT2D eigenvalue weighted by Gasteiger charge is 2.24. The molecule has 3 nitrogen and oxygen atoms in total. The van der Waals surface area contributed by atoms with E-state index in [1.165, 1.54) is 0 Å². The summed E-state index contributed by atoms with van der Waals surface area (Å²) in [4.78, 5) is 11.5. The van der Waals surface area contributed by atoms with E-state index in [0.29, 0.717) is 12.2 Å². The average Bonchev–Trinajstić information content (AvgIpc) is 2.50. The lowest BCUT2D eigenvalue weighted by Crippen LogP contribution is -2.27. The molecule has 152 valence electrons. The Morgan fingerprint density at radius 3 is 1.79 bits per heavy atom. The molecular formula is C25H33O3-. The lowest BCUT2D eigenvalue weighted by molar-refractivity contribution is -0.304. The van der Waals surface area contributed by atoms with Gasteiger partial charge in [0.15, 0.2) is 0 Å². The number of carboxylic acid groups (broad SMARTS) is 1. The fraction of sp³-hybridized carbons (Fsp3) is 0.480. The van der Waals surface area contributed by atoms with Crippen molar-refractivity contribution in [1.82, 2.24) is 0 Å². The summed E-state index contributed by atoms with van der Waals surface area (Å²) in [6.07, 6.45) is 0.366. The largest absolute Gasteiger partial charge is 0.550 e.